The minimum Gasteiger partial charge on any atom is -0.478 e. The lowest BCUT2D eigenvalue weighted by atomic mass is 10.3. The van der Waals surface area contributed by atoms with Crippen molar-refractivity contribution in [3.8, 4) is 17.5 Å². The van der Waals surface area contributed by atoms with E-state index >= 15 is 0 Å². The van der Waals surface area contributed by atoms with Crippen LogP contribution < -0.4 is 4.74 Å². The third-order valence-electron chi connectivity index (χ3n) is 2.73. The average molecular weight is 258 g/mol. The topological polar surface area (TPSA) is 76.8 Å². The Morgan fingerprint density at radius 2 is 2.05 bits per heavy atom. The Kier molecular flexibility index (Phi) is 2.70. The smallest absolute Gasteiger partial charge is 0.215 e. The van der Waals surface area contributed by atoms with E-state index in [2.05, 4.69) is 19.9 Å². The first-order valence-electron chi connectivity index (χ1n) is 6.11. The number of imidazole rings is 1. The lowest BCUT2D eigenvalue weighted by Crippen LogP contribution is -1.93. The van der Waals surface area contributed by atoms with Gasteiger partial charge in [0.05, 0.1) is 17.8 Å². The fourth-order valence-electron chi connectivity index (χ4n) is 1.96. The van der Waals surface area contributed by atoms with Crippen LogP contribution in [0.15, 0.2) is 16.5 Å². The number of ether oxygens (including phenoxy) is 1. The van der Waals surface area contributed by atoms with Gasteiger partial charge in [-0.15, -0.1) is 0 Å². The SMILES string of the molecule is CCOc1ccc2[nH]c(-c3oc(C)nc3C)nc2n1. The maximum atomic E-state index is 5.54. The molecule has 0 atom stereocenters. The zero-order valence-corrected chi connectivity index (χ0v) is 11.0. The zero-order chi connectivity index (χ0) is 13.4. The highest BCUT2D eigenvalue weighted by Gasteiger charge is 2.14. The fourth-order valence-corrected chi connectivity index (χ4v) is 1.96. The molecule has 0 radical (unpaired) electrons. The first-order chi connectivity index (χ1) is 9.17. The lowest BCUT2D eigenvalue weighted by Gasteiger charge is -1.99. The Hall–Kier alpha value is -2.37. The molecule has 0 saturated heterocycles. The molecule has 98 valence electrons. The van der Waals surface area contributed by atoms with Crippen molar-refractivity contribution in [2.24, 2.45) is 0 Å². The first kappa shape index (κ1) is 11.7. The van der Waals surface area contributed by atoms with E-state index in [1.54, 1.807) is 0 Å². The molecule has 1 N–H and O–H groups in total. The molecule has 0 amide bonds. The van der Waals surface area contributed by atoms with Crippen LogP contribution in [0, 0.1) is 13.8 Å². The molecule has 0 aromatic carbocycles. The summed E-state index contributed by atoms with van der Waals surface area (Å²) in [5.74, 6) is 2.47. The van der Waals surface area contributed by atoms with Gasteiger partial charge in [-0.2, -0.15) is 4.98 Å². The lowest BCUT2D eigenvalue weighted by molar-refractivity contribution is 0.328. The van der Waals surface area contributed by atoms with Crippen molar-refractivity contribution in [3.05, 3.63) is 23.7 Å². The summed E-state index contributed by atoms with van der Waals surface area (Å²) in [5, 5.41) is 0. The highest BCUT2D eigenvalue weighted by atomic mass is 16.5. The summed E-state index contributed by atoms with van der Waals surface area (Å²) in [6.07, 6.45) is 0. The van der Waals surface area contributed by atoms with Crippen LogP contribution in [0.1, 0.15) is 18.5 Å². The van der Waals surface area contributed by atoms with Gasteiger partial charge in [0.1, 0.15) is 0 Å². The van der Waals surface area contributed by atoms with Crippen molar-refractivity contribution in [2.45, 2.75) is 20.8 Å². The number of aromatic nitrogens is 4. The number of H-pyrrole nitrogens is 1. The van der Waals surface area contributed by atoms with Crippen LogP contribution >= 0.6 is 0 Å². The number of hydrogen-bond donors (Lipinski definition) is 1. The molecule has 0 aliphatic heterocycles. The number of aromatic amines is 1. The van der Waals surface area contributed by atoms with E-state index in [0.29, 0.717) is 35.6 Å². The predicted octanol–water partition coefficient (Wildman–Crippen LogP) is 2.63. The summed E-state index contributed by atoms with van der Waals surface area (Å²) >= 11 is 0. The van der Waals surface area contributed by atoms with Crippen molar-refractivity contribution in [1.29, 1.82) is 0 Å². The Bertz CT molecular complexity index is 729. The molecule has 6 nitrogen and oxygen atoms in total. The van der Waals surface area contributed by atoms with E-state index in [1.165, 1.54) is 0 Å². The average Bonchev–Trinajstić information content (AvgIpc) is 2.92. The Balaban J connectivity index is 2.08. The molecular weight excluding hydrogens is 244 g/mol. The monoisotopic (exact) mass is 258 g/mol. The van der Waals surface area contributed by atoms with E-state index in [4.69, 9.17) is 9.15 Å². The standard InChI is InChI=1S/C13H14N4O2/c1-4-18-10-6-5-9-12(16-10)17-13(15-9)11-7(2)14-8(3)19-11/h5-6H,4H2,1-3H3,(H,15,16,17). The van der Waals surface area contributed by atoms with E-state index in [1.807, 2.05) is 32.9 Å². The molecule has 0 fully saturated rings. The second-order valence-electron chi connectivity index (χ2n) is 4.19. The Morgan fingerprint density at radius 1 is 1.21 bits per heavy atom. The maximum absolute atomic E-state index is 5.54. The number of nitrogens with zero attached hydrogens (tertiary/aromatic N) is 3. The third-order valence-corrected chi connectivity index (χ3v) is 2.73. The molecule has 3 aromatic rings. The number of hydrogen-bond acceptors (Lipinski definition) is 5. The second kappa shape index (κ2) is 4.38. The van der Waals surface area contributed by atoms with Gasteiger partial charge in [-0.05, 0) is 19.9 Å². The molecule has 3 aromatic heterocycles. The summed E-state index contributed by atoms with van der Waals surface area (Å²) in [4.78, 5) is 16.1. The number of fused-ring (bicyclic) bond motifs is 1. The largest absolute Gasteiger partial charge is 0.478 e. The Morgan fingerprint density at radius 3 is 2.74 bits per heavy atom. The van der Waals surface area contributed by atoms with Crippen molar-refractivity contribution in [2.75, 3.05) is 6.61 Å². The minimum absolute atomic E-state index is 0.568. The third kappa shape index (κ3) is 2.05. The first-order valence-corrected chi connectivity index (χ1v) is 6.11. The van der Waals surface area contributed by atoms with Crippen LogP contribution in [0.5, 0.6) is 5.88 Å². The van der Waals surface area contributed by atoms with Crippen molar-refractivity contribution in [3.63, 3.8) is 0 Å². The van der Waals surface area contributed by atoms with Gasteiger partial charge in [-0.25, -0.2) is 9.97 Å². The summed E-state index contributed by atoms with van der Waals surface area (Å²) in [5.41, 5.74) is 2.25. The number of pyridine rings is 1. The van der Waals surface area contributed by atoms with E-state index in [-0.39, 0.29) is 0 Å². The van der Waals surface area contributed by atoms with Gasteiger partial charge in [0.2, 0.25) is 5.88 Å². The molecule has 0 unspecified atom stereocenters. The molecule has 0 aliphatic carbocycles. The van der Waals surface area contributed by atoms with Gasteiger partial charge in [0, 0.05) is 13.0 Å². The minimum atomic E-state index is 0.568. The summed E-state index contributed by atoms with van der Waals surface area (Å²) in [7, 11) is 0. The maximum Gasteiger partial charge on any atom is 0.215 e. The highest BCUT2D eigenvalue weighted by Crippen LogP contribution is 2.24. The molecule has 0 saturated carbocycles. The molecule has 0 aliphatic rings. The summed E-state index contributed by atoms with van der Waals surface area (Å²) in [6.45, 7) is 6.20. The molecule has 0 bridgehead atoms. The fraction of sp³-hybridized carbons (Fsp3) is 0.308. The molecule has 19 heavy (non-hydrogen) atoms. The quantitative estimate of drug-likeness (QED) is 0.781. The van der Waals surface area contributed by atoms with Gasteiger partial charge in [-0.3, -0.25) is 0 Å². The second-order valence-corrected chi connectivity index (χ2v) is 4.19. The van der Waals surface area contributed by atoms with Gasteiger partial charge in [0.15, 0.2) is 23.1 Å². The van der Waals surface area contributed by atoms with E-state index in [0.717, 1.165) is 11.2 Å². The van der Waals surface area contributed by atoms with Gasteiger partial charge in [0.25, 0.3) is 0 Å². The van der Waals surface area contributed by atoms with Crippen LogP contribution in [0.3, 0.4) is 0 Å². The zero-order valence-electron chi connectivity index (χ0n) is 11.0. The molecule has 6 heteroatoms. The summed E-state index contributed by atoms with van der Waals surface area (Å²) in [6, 6.07) is 3.70. The Labute approximate surface area is 109 Å². The molecule has 0 spiro atoms. The van der Waals surface area contributed by atoms with Crippen molar-refractivity contribution >= 4 is 11.2 Å². The van der Waals surface area contributed by atoms with Crippen LogP contribution in [0.25, 0.3) is 22.7 Å². The molecular formula is C13H14N4O2. The van der Waals surface area contributed by atoms with E-state index in [9.17, 15) is 0 Å². The van der Waals surface area contributed by atoms with Crippen LogP contribution in [-0.2, 0) is 0 Å². The van der Waals surface area contributed by atoms with Crippen LogP contribution in [-0.4, -0.2) is 26.5 Å². The van der Waals surface area contributed by atoms with Crippen molar-refractivity contribution < 1.29 is 9.15 Å². The van der Waals surface area contributed by atoms with Crippen LogP contribution in [0.4, 0.5) is 0 Å². The number of oxazole rings is 1. The highest BCUT2D eigenvalue weighted by molar-refractivity contribution is 5.75. The molecule has 3 rings (SSSR count). The molecule has 3 heterocycles. The van der Waals surface area contributed by atoms with Crippen molar-refractivity contribution in [1.82, 2.24) is 19.9 Å². The van der Waals surface area contributed by atoms with Gasteiger partial charge in [-0.1, -0.05) is 0 Å². The summed E-state index contributed by atoms with van der Waals surface area (Å²) < 4.78 is 10.9. The van der Waals surface area contributed by atoms with E-state index < -0.39 is 0 Å². The number of rotatable bonds is 3. The number of aryl methyl sites for hydroxylation is 2. The normalized spacial score (nSPS) is 11.1. The number of nitrogens with one attached hydrogen (secondary N) is 1. The predicted molar refractivity (Wildman–Crippen MR) is 70.0 cm³/mol. The van der Waals surface area contributed by atoms with Gasteiger partial charge < -0.3 is 14.1 Å². The van der Waals surface area contributed by atoms with Crippen LogP contribution in [0.2, 0.25) is 0 Å². The van der Waals surface area contributed by atoms with Gasteiger partial charge >= 0.3 is 0 Å².